The zero-order valence-electron chi connectivity index (χ0n) is 15.6. The molecule has 0 aromatic heterocycles. The minimum Gasteiger partial charge on any atom is -0.458 e. The second-order valence-corrected chi connectivity index (χ2v) is 7.44. The molecule has 0 unspecified atom stereocenters. The fraction of sp³-hybridized carbons (Fsp3) is 0.524. The minimum absolute atomic E-state index is 0.0962. The fourth-order valence-corrected chi connectivity index (χ4v) is 3.36. The van der Waals surface area contributed by atoms with Crippen LogP contribution in [-0.4, -0.2) is 18.0 Å². The Labute approximate surface area is 150 Å². The third-order valence-corrected chi connectivity index (χ3v) is 4.88. The third-order valence-electron chi connectivity index (χ3n) is 4.88. The second-order valence-electron chi connectivity index (χ2n) is 7.44. The summed E-state index contributed by atoms with van der Waals surface area (Å²) in [5, 5.41) is 0. The number of para-hydroxylation sites is 1. The summed E-state index contributed by atoms with van der Waals surface area (Å²) in [4.78, 5) is 24.5. The molecule has 4 heteroatoms. The molecule has 136 valence electrons. The molecule has 0 bridgehead atoms. The van der Waals surface area contributed by atoms with Gasteiger partial charge in [0.2, 0.25) is 0 Å². The number of hydrogen-bond acceptors (Lipinski definition) is 4. The van der Waals surface area contributed by atoms with Crippen LogP contribution in [0.5, 0.6) is 5.75 Å². The highest BCUT2D eigenvalue weighted by atomic mass is 16.6. The molecular formula is C21H28O4. The van der Waals surface area contributed by atoms with E-state index in [1.54, 1.807) is 31.2 Å². The van der Waals surface area contributed by atoms with E-state index in [1.165, 1.54) is 6.42 Å². The van der Waals surface area contributed by atoms with E-state index in [1.807, 2.05) is 0 Å². The predicted octanol–water partition coefficient (Wildman–Crippen LogP) is 4.79. The van der Waals surface area contributed by atoms with Crippen molar-refractivity contribution < 1.29 is 19.1 Å². The van der Waals surface area contributed by atoms with Gasteiger partial charge in [0.05, 0.1) is 0 Å². The van der Waals surface area contributed by atoms with Gasteiger partial charge in [-0.1, -0.05) is 45.9 Å². The number of esters is 2. The van der Waals surface area contributed by atoms with E-state index in [4.69, 9.17) is 9.47 Å². The Kier molecular flexibility index (Phi) is 6.40. The Balaban J connectivity index is 2.17. The highest BCUT2D eigenvalue weighted by Gasteiger charge is 2.34. The van der Waals surface area contributed by atoms with Gasteiger partial charge in [-0.3, -0.25) is 0 Å². The van der Waals surface area contributed by atoms with Gasteiger partial charge in [-0.25, -0.2) is 9.59 Å². The molecule has 1 aromatic rings. The summed E-state index contributed by atoms with van der Waals surface area (Å²) in [6.07, 6.45) is 3.02. The first-order valence-electron chi connectivity index (χ1n) is 8.97. The maximum atomic E-state index is 12.7. The Morgan fingerprint density at radius 1 is 1.20 bits per heavy atom. The van der Waals surface area contributed by atoms with Crippen LogP contribution in [0.1, 0.15) is 57.3 Å². The van der Waals surface area contributed by atoms with E-state index in [-0.39, 0.29) is 23.0 Å². The summed E-state index contributed by atoms with van der Waals surface area (Å²) >= 11 is 0. The Bertz CT molecular complexity index is 647. The number of benzene rings is 1. The van der Waals surface area contributed by atoms with E-state index >= 15 is 0 Å². The van der Waals surface area contributed by atoms with Crippen molar-refractivity contribution in [3.05, 3.63) is 42.0 Å². The SMILES string of the molecule is C=C(C)C(=O)Oc1ccccc1C(=O)O[C@@H]1C[C@H](C)CC[C@H]1C(C)C. The number of hydrogen-bond donors (Lipinski definition) is 0. The zero-order chi connectivity index (χ0) is 18.6. The third kappa shape index (κ3) is 4.94. The largest absolute Gasteiger partial charge is 0.458 e. The van der Waals surface area contributed by atoms with Crippen molar-refractivity contribution in [2.75, 3.05) is 0 Å². The molecule has 1 fully saturated rings. The quantitative estimate of drug-likeness (QED) is 0.438. The number of carbonyl (C=O) groups excluding carboxylic acids is 2. The molecule has 0 amide bonds. The van der Waals surface area contributed by atoms with E-state index in [0.29, 0.717) is 17.8 Å². The molecule has 2 rings (SSSR count). The first-order valence-corrected chi connectivity index (χ1v) is 8.97. The molecule has 0 spiro atoms. The molecule has 25 heavy (non-hydrogen) atoms. The van der Waals surface area contributed by atoms with Crippen molar-refractivity contribution in [1.82, 2.24) is 0 Å². The van der Waals surface area contributed by atoms with Crippen LogP contribution in [0.2, 0.25) is 0 Å². The van der Waals surface area contributed by atoms with Gasteiger partial charge in [0, 0.05) is 5.57 Å². The predicted molar refractivity (Wildman–Crippen MR) is 97.4 cm³/mol. The summed E-state index contributed by atoms with van der Waals surface area (Å²) in [7, 11) is 0. The van der Waals surface area contributed by atoms with Gasteiger partial charge in [0.15, 0.2) is 0 Å². The van der Waals surface area contributed by atoms with Gasteiger partial charge >= 0.3 is 11.9 Å². The van der Waals surface area contributed by atoms with Crippen molar-refractivity contribution in [1.29, 1.82) is 0 Å². The maximum absolute atomic E-state index is 12.7. The lowest BCUT2D eigenvalue weighted by atomic mass is 9.75. The van der Waals surface area contributed by atoms with Gasteiger partial charge < -0.3 is 9.47 Å². The van der Waals surface area contributed by atoms with Crippen LogP contribution in [0.15, 0.2) is 36.4 Å². The Hall–Kier alpha value is -2.10. The number of ether oxygens (including phenoxy) is 2. The summed E-state index contributed by atoms with van der Waals surface area (Å²) < 4.78 is 11.1. The van der Waals surface area contributed by atoms with E-state index in [2.05, 4.69) is 27.4 Å². The summed E-state index contributed by atoms with van der Waals surface area (Å²) in [6, 6.07) is 6.68. The Morgan fingerprint density at radius 2 is 1.88 bits per heavy atom. The second kappa shape index (κ2) is 8.32. The van der Waals surface area contributed by atoms with Crippen LogP contribution in [0.4, 0.5) is 0 Å². The molecule has 3 atom stereocenters. The fourth-order valence-electron chi connectivity index (χ4n) is 3.36. The molecule has 0 saturated heterocycles. The van der Waals surface area contributed by atoms with Crippen LogP contribution in [0.25, 0.3) is 0 Å². The summed E-state index contributed by atoms with van der Waals surface area (Å²) in [5.74, 6) is 0.600. The monoisotopic (exact) mass is 344 g/mol. The van der Waals surface area contributed by atoms with Crippen LogP contribution >= 0.6 is 0 Å². The molecule has 0 N–H and O–H groups in total. The highest BCUT2D eigenvalue weighted by molar-refractivity contribution is 5.95. The molecular weight excluding hydrogens is 316 g/mol. The zero-order valence-corrected chi connectivity index (χ0v) is 15.6. The van der Waals surface area contributed by atoms with Gasteiger partial charge in [0.1, 0.15) is 17.4 Å². The molecule has 1 aromatic carbocycles. The van der Waals surface area contributed by atoms with Crippen LogP contribution in [-0.2, 0) is 9.53 Å². The molecule has 1 aliphatic carbocycles. The van der Waals surface area contributed by atoms with Crippen LogP contribution in [0, 0.1) is 17.8 Å². The van der Waals surface area contributed by atoms with Crippen molar-refractivity contribution in [2.45, 2.75) is 53.1 Å². The van der Waals surface area contributed by atoms with Crippen LogP contribution in [0.3, 0.4) is 0 Å². The summed E-state index contributed by atoms with van der Waals surface area (Å²) in [6.45, 7) is 11.7. The van der Waals surface area contributed by atoms with Crippen molar-refractivity contribution >= 4 is 11.9 Å². The van der Waals surface area contributed by atoms with E-state index in [0.717, 1.165) is 12.8 Å². The maximum Gasteiger partial charge on any atom is 0.342 e. The van der Waals surface area contributed by atoms with E-state index in [9.17, 15) is 9.59 Å². The lowest BCUT2D eigenvalue weighted by Crippen LogP contribution is -2.36. The molecule has 0 aliphatic heterocycles. The first kappa shape index (κ1) is 19.2. The molecule has 1 saturated carbocycles. The van der Waals surface area contributed by atoms with Crippen molar-refractivity contribution in [3.63, 3.8) is 0 Å². The van der Waals surface area contributed by atoms with Crippen molar-refractivity contribution in [3.8, 4) is 5.75 Å². The lowest BCUT2D eigenvalue weighted by molar-refractivity contribution is -0.130. The standard InChI is InChI=1S/C21H28O4/c1-13(2)16-11-10-15(5)12-19(16)25-21(23)17-8-6-7-9-18(17)24-20(22)14(3)4/h6-9,13,15-16,19H,3,10-12H2,1-2,4-5H3/t15-,16+,19-/m1/s1. The molecule has 0 heterocycles. The van der Waals surface area contributed by atoms with Crippen LogP contribution < -0.4 is 4.74 Å². The van der Waals surface area contributed by atoms with Gasteiger partial charge in [-0.2, -0.15) is 0 Å². The lowest BCUT2D eigenvalue weighted by Gasteiger charge is -2.36. The van der Waals surface area contributed by atoms with E-state index < -0.39 is 11.9 Å². The minimum atomic E-state index is -0.549. The van der Waals surface area contributed by atoms with Gasteiger partial charge in [0.25, 0.3) is 0 Å². The average molecular weight is 344 g/mol. The van der Waals surface area contributed by atoms with Gasteiger partial charge in [-0.15, -0.1) is 0 Å². The smallest absolute Gasteiger partial charge is 0.342 e. The molecule has 1 aliphatic rings. The highest BCUT2D eigenvalue weighted by Crippen LogP contribution is 2.36. The van der Waals surface area contributed by atoms with Crippen molar-refractivity contribution in [2.24, 2.45) is 17.8 Å². The normalized spacial score (nSPS) is 23.2. The topological polar surface area (TPSA) is 52.6 Å². The average Bonchev–Trinajstić information content (AvgIpc) is 2.54. The summed E-state index contributed by atoms with van der Waals surface area (Å²) in [5.41, 5.74) is 0.557. The molecule has 4 nitrogen and oxygen atoms in total. The van der Waals surface area contributed by atoms with Gasteiger partial charge in [-0.05, 0) is 49.7 Å². The Morgan fingerprint density at radius 3 is 2.52 bits per heavy atom. The number of carbonyl (C=O) groups is 2. The number of rotatable bonds is 5. The first-order chi connectivity index (χ1) is 11.8. The molecule has 0 radical (unpaired) electrons.